The third-order valence-corrected chi connectivity index (χ3v) is 5.42. The third kappa shape index (κ3) is 6.10. The standard InChI is InChI=1S/C21H28N2O3S/c1-5-18-13-9-10-14-19(18)23(27(4,25)26)16-20(24)22-21(2,3)15-17-11-7-6-8-12-17/h6-14H,5,15-16H2,1-4H3,(H,22,24). The largest absolute Gasteiger partial charge is 0.349 e. The maximum Gasteiger partial charge on any atom is 0.241 e. The number of anilines is 1. The molecule has 0 heterocycles. The van der Waals surface area contributed by atoms with E-state index in [0.29, 0.717) is 18.5 Å². The molecular formula is C21H28N2O3S. The van der Waals surface area contributed by atoms with Gasteiger partial charge in [0.2, 0.25) is 15.9 Å². The number of nitrogens with zero attached hydrogens (tertiary/aromatic N) is 1. The number of carbonyl (C=O) groups excluding carboxylic acids is 1. The summed E-state index contributed by atoms with van der Waals surface area (Å²) in [6.07, 6.45) is 2.47. The average molecular weight is 389 g/mol. The molecule has 0 aromatic heterocycles. The Morgan fingerprint density at radius 1 is 1.04 bits per heavy atom. The van der Waals surface area contributed by atoms with Gasteiger partial charge < -0.3 is 5.32 Å². The van der Waals surface area contributed by atoms with Gasteiger partial charge in [-0.25, -0.2) is 8.42 Å². The van der Waals surface area contributed by atoms with Gasteiger partial charge in [0.05, 0.1) is 11.9 Å². The van der Waals surface area contributed by atoms with Crippen molar-refractivity contribution in [3.63, 3.8) is 0 Å². The molecule has 0 atom stereocenters. The number of hydrogen-bond donors (Lipinski definition) is 1. The molecule has 6 heteroatoms. The van der Waals surface area contributed by atoms with Crippen LogP contribution in [0.25, 0.3) is 0 Å². The first-order chi connectivity index (χ1) is 12.6. The molecule has 0 radical (unpaired) electrons. The van der Waals surface area contributed by atoms with Gasteiger partial charge >= 0.3 is 0 Å². The van der Waals surface area contributed by atoms with Crippen molar-refractivity contribution in [1.82, 2.24) is 5.32 Å². The fourth-order valence-electron chi connectivity index (χ4n) is 3.13. The van der Waals surface area contributed by atoms with Crippen molar-refractivity contribution in [2.75, 3.05) is 17.1 Å². The highest BCUT2D eigenvalue weighted by Gasteiger charge is 2.26. The molecule has 0 unspecified atom stereocenters. The summed E-state index contributed by atoms with van der Waals surface area (Å²) in [5.41, 5.74) is 2.06. The Balaban J connectivity index is 2.17. The number of sulfonamides is 1. The third-order valence-electron chi connectivity index (χ3n) is 4.30. The predicted molar refractivity (Wildman–Crippen MR) is 110 cm³/mol. The predicted octanol–water partition coefficient (Wildman–Crippen LogP) is 3.15. The number of para-hydroxylation sites is 1. The van der Waals surface area contributed by atoms with Crippen LogP contribution in [-0.4, -0.2) is 32.7 Å². The summed E-state index contributed by atoms with van der Waals surface area (Å²) < 4.78 is 25.9. The Bertz CT molecular complexity index is 877. The number of amides is 1. The second-order valence-corrected chi connectivity index (χ2v) is 9.25. The van der Waals surface area contributed by atoms with Crippen LogP contribution in [-0.2, 0) is 27.7 Å². The van der Waals surface area contributed by atoms with Crippen molar-refractivity contribution < 1.29 is 13.2 Å². The molecule has 1 N–H and O–H groups in total. The highest BCUT2D eigenvalue weighted by Crippen LogP contribution is 2.23. The summed E-state index contributed by atoms with van der Waals surface area (Å²) in [7, 11) is -3.59. The van der Waals surface area contributed by atoms with E-state index in [0.717, 1.165) is 17.4 Å². The van der Waals surface area contributed by atoms with Gasteiger partial charge in [-0.2, -0.15) is 0 Å². The molecule has 0 saturated carbocycles. The molecule has 27 heavy (non-hydrogen) atoms. The van der Waals surface area contributed by atoms with Crippen molar-refractivity contribution in [1.29, 1.82) is 0 Å². The van der Waals surface area contributed by atoms with Crippen LogP contribution in [0.15, 0.2) is 54.6 Å². The van der Waals surface area contributed by atoms with E-state index in [1.807, 2.05) is 63.2 Å². The molecule has 0 bridgehead atoms. The Hall–Kier alpha value is -2.34. The van der Waals surface area contributed by atoms with Crippen LogP contribution < -0.4 is 9.62 Å². The van der Waals surface area contributed by atoms with Gasteiger partial charge in [-0.15, -0.1) is 0 Å². The van der Waals surface area contributed by atoms with Crippen LogP contribution in [0.2, 0.25) is 0 Å². The average Bonchev–Trinajstić information content (AvgIpc) is 2.58. The van der Waals surface area contributed by atoms with E-state index in [4.69, 9.17) is 0 Å². The van der Waals surface area contributed by atoms with E-state index >= 15 is 0 Å². The maximum absolute atomic E-state index is 12.7. The highest BCUT2D eigenvalue weighted by atomic mass is 32.2. The Morgan fingerprint density at radius 3 is 2.22 bits per heavy atom. The molecule has 0 spiro atoms. The number of aryl methyl sites for hydroxylation is 1. The van der Waals surface area contributed by atoms with E-state index in [1.165, 1.54) is 4.31 Å². The second kappa shape index (κ2) is 8.57. The molecule has 0 fully saturated rings. The second-order valence-electron chi connectivity index (χ2n) is 7.35. The molecule has 146 valence electrons. The molecule has 0 aliphatic carbocycles. The maximum atomic E-state index is 12.7. The lowest BCUT2D eigenvalue weighted by molar-refractivity contribution is -0.121. The minimum atomic E-state index is -3.59. The van der Waals surface area contributed by atoms with E-state index in [1.54, 1.807) is 12.1 Å². The van der Waals surface area contributed by atoms with Crippen LogP contribution in [0.1, 0.15) is 31.9 Å². The van der Waals surface area contributed by atoms with E-state index in [2.05, 4.69) is 5.32 Å². The van der Waals surface area contributed by atoms with Gasteiger partial charge in [-0.1, -0.05) is 55.5 Å². The lowest BCUT2D eigenvalue weighted by Crippen LogP contribution is -2.50. The van der Waals surface area contributed by atoms with Gasteiger partial charge in [-0.05, 0) is 43.9 Å². The fourth-order valence-corrected chi connectivity index (χ4v) is 4.02. The Morgan fingerprint density at radius 2 is 1.63 bits per heavy atom. The highest BCUT2D eigenvalue weighted by molar-refractivity contribution is 7.92. The summed E-state index contributed by atoms with van der Waals surface area (Å²) in [6, 6.07) is 17.1. The van der Waals surface area contributed by atoms with Crippen LogP contribution in [0, 0.1) is 0 Å². The summed E-state index contributed by atoms with van der Waals surface area (Å²) >= 11 is 0. The number of hydrogen-bond acceptors (Lipinski definition) is 3. The molecule has 0 aliphatic rings. The number of nitrogens with one attached hydrogen (secondary N) is 1. The Labute approximate surface area is 162 Å². The minimum Gasteiger partial charge on any atom is -0.349 e. The zero-order chi connectivity index (χ0) is 20.1. The van der Waals surface area contributed by atoms with Crippen LogP contribution in [0.3, 0.4) is 0 Å². The molecule has 1 amide bonds. The summed E-state index contributed by atoms with van der Waals surface area (Å²) in [5, 5.41) is 2.97. The topological polar surface area (TPSA) is 66.5 Å². The lowest BCUT2D eigenvalue weighted by atomic mass is 9.95. The smallest absolute Gasteiger partial charge is 0.241 e. The minimum absolute atomic E-state index is 0.242. The van der Waals surface area contributed by atoms with Gasteiger partial charge in [0.15, 0.2) is 0 Å². The first-order valence-electron chi connectivity index (χ1n) is 9.03. The fraction of sp³-hybridized carbons (Fsp3) is 0.381. The summed E-state index contributed by atoms with van der Waals surface area (Å²) in [5.74, 6) is -0.327. The zero-order valence-electron chi connectivity index (χ0n) is 16.4. The normalized spacial score (nSPS) is 11.9. The van der Waals surface area contributed by atoms with Crippen LogP contribution >= 0.6 is 0 Å². The quantitative estimate of drug-likeness (QED) is 0.755. The van der Waals surface area contributed by atoms with E-state index in [9.17, 15) is 13.2 Å². The van der Waals surface area contributed by atoms with Gasteiger partial charge in [0.1, 0.15) is 6.54 Å². The molecule has 2 rings (SSSR count). The van der Waals surface area contributed by atoms with E-state index in [-0.39, 0.29) is 12.5 Å². The monoisotopic (exact) mass is 388 g/mol. The molecule has 0 aliphatic heterocycles. The molecule has 2 aromatic rings. The molecular weight excluding hydrogens is 360 g/mol. The van der Waals surface area contributed by atoms with Gasteiger partial charge in [0, 0.05) is 5.54 Å². The molecule has 2 aromatic carbocycles. The number of rotatable bonds is 8. The summed E-state index contributed by atoms with van der Waals surface area (Å²) in [4.78, 5) is 12.7. The summed E-state index contributed by atoms with van der Waals surface area (Å²) in [6.45, 7) is 5.59. The zero-order valence-corrected chi connectivity index (χ0v) is 17.2. The van der Waals surface area contributed by atoms with E-state index < -0.39 is 15.6 Å². The van der Waals surface area contributed by atoms with Crippen LogP contribution in [0.4, 0.5) is 5.69 Å². The van der Waals surface area contributed by atoms with Crippen molar-refractivity contribution in [3.05, 3.63) is 65.7 Å². The van der Waals surface area contributed by atoms with Crippen molar-refractivity contribution in [2.24, 2.45) is 0 Å². The SMILES string of the molecule is CCc1ccccc1N(CC(=O)NC(C)(C)Cc1ccccc1)S(C)(=O)=O. The van der Waals surface area contributed by atoms with Crippen molar-refractivity contribution in [2.45, 2.75) is 39.2 Å². The molecule has 0 saturated heterocycles. The lowest BCUT2D eigenvalue weighted by Gasteiger charge is -2.29. The van der Waals surface area contributed by atoms with Gasteiger partial charge in [0.25, 0.3) is 0 Å². The number of benzene rings is 2. The molecule has 5 nitrogen and oxygen atoms in total. The number of carbonyl (C=O) groups is 1. The first-order valence-corrected chi connectivity index (χ1v) is 10.9. The van der Waals surface area contributed by atoms with Crippen molar-refractivity contribution in [3.8, 4) is 0 Å². The van der Waals surface area contributed by atoms with Crippen molar-refractivity contribution >= 4 is 21.6 Å². The van der Waals surface area contributed by atoms with Gasteiger partial charge in [-0.3, -0.25) is 9.10 Å². The Kier molecular flexibility index (Phi) is 6.65. The van der Waals surface area contributed by atoms with Crippen LogP contribution in [0.5, 0.6) is 0 Å². The first kappa shape index (κ1) is 21.0.